The molecule has 0 saturated carbocycles. The summed E-state index contributed by atoms with van der Waals surface area (Å²) in [5, 5.41) is 15.4. The third kappa shape index (κ3) is 4.81. The van der Waals surface area contributed by atoms with Crippen LogP contribution in [0.15, 0.2) is 30.3 Å². The number of amides is 1. The largest absolute Gasteiger partial charge is 0.340 e. The molecular formula is C18H27Cl2N7O. The maximum absolute atomic E-state index is 12.6. The summed E-state index contributed by atoms with van der Waals surface area (Å²) in [4.78, 5) is 17.0. The van der Waals surface area contributed by atoms with Crippen molar-refractivity contribution in [3.05, 3.63) is 36.2 Å². The summed E-state index contributed by atoms with van der Waals surface area (Å²) in [6.07, 6.45) is 0. The van der Waals surface area contributed by atoms with E-state index in [1.165, 1.54) is 0 Å². The molecule has 10 heteroatoms. The van der Waals surface area contributed by atoms with E-state index in [0.717, 1.165) is 50.8 Å². The van der Waals surface area contributed by atoms with Crippen LogP contribution in [0.4, 0.5) is 0 Å². The smallest absolute Gasteiger partial charge is 0.225 e. The molecule has 4 rings (SSSR count). The molecule has 1 aromatic carbocycles. The van der Waals surface area contributed by atoms with Crippen LogP contribution in [0, 0.1) is 11.8 Å². The van der Waals surface area contributed by atoms with Gasteiger partial charge in [0.05, 0.1) is 12.2 Å². The predicted octanol–water partition coefficient (Wildman–Crippen LogP) is 1.01. The van der Waals surface area contributed by atoms with Crippen molar-refractivity contribution in [2.24, 2.45) is 11.8 Å². The molecule has 2 saturated heterocycles. The standard InChI is InChI=1S/C18H25N7O.2ClH/c1-14(15-11-19-12-15)18(26)24-9-7-23(8-10-24)13-17-20-21-22-25(17)16-5-3-2-4-6-16;;/h2-6,14-15,19H,7-13H2,1H3;2*1H. The average Bonchev–Trinajstić information content (AvgIpc) is 3.09. The first-order chi connectivity index (χ1) is 12.7. The van der Waals surface area contributed by atoms with Gasteiger partial charge in [0, 0.05) is 32.1 Å². The minimum absolute atomic E-state index is 0. The van der Waals surface area contributed by atoms with Crippen molar-refractivity contribution in [1.82, 2.24) is 35.3 Å². The Morgan fingerprint density at radius 2 is 1.82 bits per heavy atom. The number of rotatable bonds is 5. The van der Waals surface area contributed by atoms with Crippen molar-refractivity contribution in [2.45, 2.75) is 13.5 Å². The number of carbonyl (C=O) groups is 1. The molecule has 2 fully saturated rings. The lowest BCUT2D eigenvalue weighted by atomic mass is 9.88. The number of piperazine rings is 1. The number of tetrazole rings is 1. The number of nitrogens with one attached hydrogen (secondary N) is 1. The van der Waals surface area contributed by atoms with Crippen molar-refractivity contribution in [2.75, 3.05) is 39.3 Å². The van der Waals surface area contributed by atoms with E-state index in [4.69, 9.17) is 0 Å². The van der Waals surface area contributed by atoms with E-state index in [0.29, 0.717) is 18.4 Å². The van der Waals surface area contributed by atoms with Gasteiger partial charge in [0.15, 0.2) is 5.82 Å². The summed E-state index contributed by atoms with van der Waals surface area (Å²) < 4.78 is 1.78. The highest BCUT2D eigenvalue weighted by atomic mass is 35.5. The van der Waals surface area contributed by atoms with Crippen LogP contribution in [0.3, 0.4) is 0 Å². The monoisotopic (exact) mass is 427 g/mol. The van der Waals surface area contributed by atoms with Crippen LogP contribution in [0.5, 0.6) is 0 Å². The van der Waals surface area contributed by atoms with E-state index in [-0.39, 0.29) is 30.7 Å². The van der Waals surface area contributed by atoms with Gasteiger partial charge >= 0.3 is 0 Å². The fourth-order valence-electron chi connectivity index (χ4n) is 3.55. The second-order valence-electron chi connectivity index (χ2n) is 7.15. The number of aromatic nitrogens is 4. The number of carbonyl (C=O) groups excluding carboxylic acids is 1. The molecule has 1 N–H and O–H groups in total. The van der Waals surface area contributed by atoms with Gasteiger partial charge in [-0.2, -0.15) is 4.68 Å². The van der Waals surface area contributed by atoms with Crippen LogP contribution in [0.2, 0.25) is 0 Å². The second kappa shape index (κ2) is 10.2. The highest BCUT2D eigenvalue weighted by Crippen LogP contribution is 2.19. The third-order valence-electron chi connectivity index (χ3n) is 5.49. The number of hydrogen-bond acceptors (Lipinski definition) is 6. The minimum atomic E-state index is 0. The Bertz CT molecular complexity index is 745. The molecule has 1 aromatic heterocycles. The van der Waals surface area contributed by atoms with E-state index in [2.05, 4.69) is 32.7 Å². The lowest BCUT2D eigenvalue weighted by Gasteiger charge is -2.39. The molecular weight excluding hydrogens is 401 g/mol. The number of benzene rings is 1. The van der Waals surface area contributed by atoms with Crippen molar-refractivity contribution >= 4 is 30.7 Å². The summed E-state index contributed by atoms with van der Waals surface area (Å²) in [7, 11) is 0. The van der Waals surface area contributed by atoms with Crippen LogP contribution in [0.1, 0.15) is 12.7 Å². The van der Waals surface area contributed by atoms with Crippen molar-refractivity contribution in [3.63, 3.8) is 0 Å². The van der Waals surface area contributed by atoms with Crippen LogP contribution in [0.25, 0.3) is 5.69 Å². The first kappa shape index (κ1) is 22.5. The molecule has 1 amide bonds. The third-order valence-corrected chi connectivity index (χ3v) is 5.49. The molecule has 8 nitrogen and oxygen atoms in total. The second-order valence-corrected chi connectivity index (χ2v) is 7.15. The maximum atomic E-state index is 12.6. The molecule has 154 valence electrons. The van der Waals surface area contributed by atoms with Crippen LogP contribution >= 0.6 is 24.8 Å². The first-order valence-corrected chi connectivity index (χ1v) is 9.27. The molecule has 2 aliphatic heterocycles. The Morgan fingerprint density at radius 3 is 2.43 bits per heavy atom. The number of para-hydroxylation sites is 1. The van der Waals surface area contributed by atoms with Gasteiger partial charge in [0.1, 0.15) is 0 Å². The number of halogens is 2. The van der Waals surface area contributed by atoms with Crippen LogP contribution < -0.4 is 5.32 Å². The van der Waals surface area contributed by atoms with Gasteiger partial charge in [-0.25, -0.2) is 0 Å². The number of nitrogens with zero attached hydrogens (tertiary/aromatic N) is 6. The van der Waals surface area contributed by atoms with E-state index in [1.54, 1.807) is 4.68 Å². The van der Waals surface area contributed by atoms with Gasteiger partial charge in [-0.3, -0.25) is 9.69 Å². The highest BCUT2D eigenvalue weighted by Gasteiger charge is 2.33. The van der Waals surface area contributed by atoms with Gasteiger partial charge in [0.2, 0.25) is 5.91 Å². The normalized spacial score (nSPS) is 18.5. The minimum Gasteiger partial charge on any atom is -0.340 e. The average molecular weight is 428 g/mol. The quantitative estimate of drug-likeness (QED) is 0.766. The fraction of sp³-hybridized carbons (Fsp3) is 0.556. The summed E-state index contributed by atoms with van der Waals surface area (Å²) >= 11 is 0. The summed E-state index contributed by atoms with van der Waals surface area (Å²) in [5.74, 6) is 1.74. The molecule has 3 heterocycles. The van der Waals surface area contributed by atoms with Gasteiger partial charge in [0.25, 0.3) is 0 Å². The molecule has 2 aliphatic rings. The molecule has 2 aromatic rings. The van der Waals surface area contributed by atoms with E-state index in [1.807, 2.05) is 35.2 Å². The van der Waals surface area contributed by atoms with Gasteiger partial charge in [-0.05, 0) is 41.6 Å². The Labute approximate surface area is 177 Å². The molecule has 0 bridgehead atoms. The highest BCUT2D eigenvalue weighted by molar-refractivity contribution is 5.85. The van der Waals surface area contributed by atoms with Crippen LogP contribution in [-0.2, 0) is 11.3 Å². The molecule has 0 radical (unpaired) electrons. The molecule has 1 atom stereocenters. The topological polar surface area (TPSA) is 79.2 Å². The van der Waals surface area contributed by atoms with Gasteiger partial charge in [-0.1, -0.05) is 25.1 Å². The van der Waals surface area contributed by atoms with Crippen molar-refractivity contribution < 1.29 is 4.79 Å². The van der Waals surface area contributed by atoms with E-state index in [9.17, 15) is 4.79 Å². The Kier molecular flexibility index (Phi) is 8.18. The summed E-state index contributed by atoms with van der Waals surface area (Å²) in [6, 6.07) is 9.92. The molecule has 0 aliphatic carbocycles. The van der Waals surface area contributed by atoms with Crippen molar-refractivity contribution in [1.29, 1.82) is 0 Å². The lowest BCUT2D eigenvalue weighted by Crippen LogP contribution is -2.54. The number of hydrogen-bond donors (Lipinski definition) is 1. The Morgan fingerprint density at radius 1 is 1.14 bits per heavy atom. The first-order valence-electron chi connectivity index (χ1n) is 9.27. The predicted molar refractivity (Wildman–Crippen MR) is 111 cm³/mol. The zero-order valence-electron chi connectivity index (χ0n) is 15.9. The SMILES string of the molecule is CC(C(=O)N1CCN(Cc2nnnn2-c2ccccc2)CC1)C1CNC1.Cl.Cl. The van der Waals surface area contributed by atoms with Crippen molar-refractivity contribution in [3.8, 4) is 5.69 Å². The van der Waals surface area contributed by atoms with Crippen LogP contribution in [-0.4, -0.2) is 75.2 Å². The van der Waals surface area contributed by atoms with Gasteiger partial charge < -0.3 is 10.2 Å². The van der Waals surface area contributed by atoms with Gasteiger partial charge in [-0.15, -0.1) is 29.9 Å². The molecule has 28 heavy (non-hydrogen) atoms. The zero-order chi connectivity index (χ0) is 17.9. The van der Waals surface area contributed by atoms with E-state index >= 15 is 0 Å². The lowest BCUT2D eigenvalue weighted by molar-refractivity contribution is -0.139. The maximum Gasteiger partial charge on any atom is 0.225 e. The zero-order valence-corrected chi connectivity index (χ0v) is 17.5. The fourth-order valence-corrected chi connectivity index (χ4v) is 3.55. The summed E-state index contributed by atoms with van der Waals surface area (Å²) in [6.45, 7) is 7.93. The Balaban J connectivity index is 0.00000140. The molecule has 0 spiro atoms. The Hall–Kier alpha value is -1.74. The molecule has 1 unspecified atom stereocenters. The van der Waals surface area contributed by atoms with E-state index < -0.39 is 0 Å². The summed E-state index contributed by atoms with van der Waals surface area (Å²) in [5.41, 5.74) is 0.962.